The normalized spacial score (nSPS) is 12.3. The minimum Gasteiger partial charge on any atom is -0.462 e. The van der Waals surface area contributed by atoms with Gasteiger partial charge >= 0.3 is 13.8 Å². The third kappa shape index (κ3) is 12.3. The predicted octanol–water partition coefficient (Wildman–Crippen LogP) is 4.99. The Hall–Kier alpha value is -0.840. The van der Waals surface area contributed by atoms with Crippen LogP contribution >= 0.6 is 7.82 Å². The smallest absolute Gasteiger partial charge is 0.462 e. The number of allylic oxidation sites excluding steroid dienone is 1. The number of carbonyl (C=O) groups is 1. The molecule has 0 rings (SSSR count). The Morgan fingerprint density at radius 1 is 0.957 bits per heavy atom. The van der Waals surface area contributed by atoms with Gasteiger partial charge in [0, 0.05) is 14.2 Å². The highest BCUT2D eigenvalue weighted by Crippen LogP contribution is 2.49. The first-order chi connectivity index (χ1) is 11.0. The van der Waals surface area contributed by atoms with Crippen LogP contribution in [0.2, 0.25) is 0 Å². The lowest BCUT2D eigenvalue weighted by Crippen LogP contribution is -2.04. The van der Waals surface area contributed by atoms with Crippen LogP contribution in [-0.2, 0) is 27.7 Å². The summed E-state index contributed by atoms with van der Waals surface area (Å²) in [5.41, 5.74) is 0. The second-order valence-electron chi connectivity index (χ2n) is 5.30. The maximum Gasteiger partial charge on any atom is 0.529 e. The third-order valence-electron chi connectivity index (χ3n) is 3.27. The highest BCUT2D eigenvalue weighted by atomic mass is 31.2. The molecule has 0 atom stereocenters. The van der Waals surface area contributed by atoms with Crippen molar-refractivity contribution in [1.29, 1.82) is 0 Å². The minimum absolute atomic E-state index is 0.123. The molecule has 0 unspecified atom stereocenters. The molecule has 0 aliphatic carbocycles. The summed E-state index contributed by atoms with van der Waals surface area (Å²) < 4.78 is 31.0. The van der Waals surface area contributed by atoms with Crippen LogP contribution in [0.4, 0.5) is 0 Å². The van der Waals surface area contributed by atoms with Crippen molar-refractivity contribution in [3.63, 3.8) is 0 Å². The number of phosphoric ester groups is 1. The maximum atomic E-state index is 11.7. The number of carbonyl (C=O) groups excluding carboxylic acids is 1. The molecule has 0 aliphatic heterocycles. The molecule has 0 aromatic rings. The van der Waals surface area contributed by atoms with Gasteiger partial charge in [-0.05, 0) is 13.3 Å². The molecule has 0 aromatic carbocycles. The predicted molar refractivity (Wildman–Crippen MR) is 90.0 cm³/mol. The van der Waals surface area contributed by atoms with Crippen LogP contribution < -0.4 is 0 Å². The van der Waals surface area contributed by atoms with Gasteiger partial charge in [0.1, 0.15) is 5.76 Å². The van der Waals surface area contributed by atoms with Crippen LogP contribution in [0, 0.1) is 0 Å². The van der Waals surface area contributed by atoms with Crippen molar-refractivity contribution in [2.45, 2.75) is 65.2 Å². The fraction of sp³-hybridized carbons (Fsp3) is 0.812. The van der Waals surface area contributed by atoms with Gasteiger partial charge in [-0.25, -0.2) is 9.36 Å². The zero-order valence-corrected chi connectivity index (χ0v) is 15.7. The first kappa shape index (κ1) is 22.2. The Bertz CT molecular complexity index is 386. The van der Waals surface area contributed by atoms with E-state index in [-0.39, 0.29) is 5.76 Å². The van der Waals surface area contributed by atoms with E-state index in [0.717, 1.165) is 18.9 Å². The fourth-order valence-corrected chi connectivity index (χ4v) is 2.67. The lowest BCUT2D eigenvalue weighted by molar-refractivity contribution is -0.138. The first-order valence-corrected chi connectivity index (χ1v) is 9.69. The molecule has 0 bridgehead atoms. The quantitative estimate of drug-likeness (QED) is 0.144. The lowest BCUT2D eigenvalue weighted by atomic mass is 10.1. The number of esters is 1. The first-order valence-electron chi connectivity index (χ1n) is 8.23. The number of phosphoric acid groups is 1. The Kier molecular flexibility index (Phi) is 13.1. The molecule has 0 saturated heterocycles. The SMILES string of the molecule is CCCCCCCCCCOC(=O)C=C(C)OP(=O)(OC)OC. The van der Waals surface area contributed by atoms with Crippen molar-refractivity contribution in [1.82, 2.24) is 0 Å². The van der Waals surface area contributed by atoms with Crippen molar-refractivity contribution in [2.24, 2.45) is 0 Å². The van der Waals surface area contributed by atoms with Gasteiger partial charge in [0.15, 0.2) is 0 Å². The highest BCUT2D eigenvalue weighted by molar-refractivity contribution is 7.48. The average molecular weight is 350 g/mol. The molecule has 0 saturated carbocycles. The summed E-state index contributed by atoms with van der Waals surface area (Å²) in [6.07, 6.45) is 10.6. The maximum absolute atomic E-state index is 11.7. The van der Waals surface area contributed by atoms with Crippen LogP contribution in [0.5, 0.6) is 0 Å². The van der Waals surface area contributed by atoms with Gasteiger partial charge in [0.05, 0.1) is 12.7 Å². The number of ether oxygens (including phenoxy) is 1. The summed E-state index contributed by atoms with van der Waals surface area (Å²) in [7, 11) is -1.21. The molecule has 0 N–H and O–H groups in total. The van der Waals surface area contributed by atoms with E-state index in [2.05, 4.69) is 16.0 Å². The summed E-state index contributed by atoms with van der Waals surface area (Å²) in [6.45, 7) is 4.07. The second-order valence-corrected chi connectivity index (χ2v) is 7.11. The van der Waals surface area contributed by atoms with Crippen molar-refractivity contribution in [2.75, 3.05) is 20.8 Å². The fourth-order valence-electron chi connectivity index (χ4n) is 1.97. The molecule has 0 amide bonds. The van der Waals surface area contributed by atoms with Gasteiger partial charge in [-0.2, -0.15) is 0 Å². The summed E-state index contributed by atoms with van der Waals surface area (Å²) in [4.78, 5) is 11.6. The van der Waals surface area contributed by atoms with E-state index in [4.69, 9.17) is 9.26 Å². The van der Waals surface area contributed by atoms with Crippen LogP contribution in [-0.4, -0.2) is 26.8 Å². The number of hydrogen-bond donors (Lipinski definition) is 0. The van der Waals surface area contributed by atoms with Gasteiger partial charge in [-0.15, -0.1) is 0 Å². The van der Waals surface area contributed by atoms with E-state index in [0.29, 0.717) is 6.61 Å². The molecular formula is C16H31O6P. The van der Waals surface area contributed by atoms with Gasteiger partial charge in [-0.3, -0.25) is 9.05 Å². The molecule has 0 aromatic heterocycles. The molecule has 136 valence electrons. The second kappa shape index (κ2) is 13.6. The number of hydrogen-bond acceptors (Lipinski definition) is 6. The molecular weight excluding hydrogens is 319 g/mol. The van der Waals surface area contributed by atoms with Crippen molar-refractivity contribution in [3.05, 3.63) is 11.8 Å². The van der Waals surface area contributed by atoms with E-state index in [1.54, 1.807) is 0 Å². The Balaban J connectivity index is 3.78. The Morgan fingerprint density at radius 3 is 2.00 bits per heavy atom. The zero-order valence-electron chi connectivity index (χ0n) is 14.8. The highest BCUT2D eigenvalue weighted by Gasteiger charge is 2.24. The van der Waals surface area contributed by atoms with E-state index in [1.807, 2.05) is 0 Å². The molecule has 0 fully saturated rings. The van der Waals surface area contributed by atoms with E-state index in [9.17, 15) is 9.36 Å². The molecule has 0 radical (unpaired) electrons. The largest absolute Gasteiger partial charge is 0.529 e. The topological polar surface area (TPSA) is 71.1 Å². The van der Waals surface area contributed by atoms with Gasteiger partial charge < -0.3 is 9.26 Å². The van der Waals surface area contributed by atoms with E-state index in [1.165, 1.54) is 59.7 Å². The van der Waals surface area contributed by atoms with E-state index < -0.39 is 13.8 Å². The summed E-state index contributed by atoms with van der Waals surface area (Å²) in [5, 5.41) is 0. The standard InChI is InChI=1S/C16H31O6P/c1-5-6-7-8-9-10-11-12-13-21-16(17)14-15(2)22-23(18,19-3)20-4/h14H,5-13H2,1-4H3. The van der Waals surface area contributed by atoms with Crippen LogP contribution in [0.3, 0.4) is 0 Å². The molecule has 0 spiro atoms. The molecule has 7 heteroatoms. The summed E-state index contributed by atoms with van der Waals surface area (Å²) >= 11 is 0. The lowest BCUT2D eigenvalue weighted by Gasteiger charge is -2.14. The monoisotopic (exact) mass is 350 g/mol. The van der Waals surface area contributed by atoms with Gasteiger partial charge in [-0.1, -0.05) is 51.9 Å². The number of unbranched alkanes of at least 4 members (excludes halogenated alkanes) is 7. The van der Waals surface area contributed by atoms with Crippen LogP contribution in [0.25, 0.3) is 0 Å². The minimum atomic E-state index is -3.62. The molecule has 0 heterocycles. The number of rotatable bonds is 14. The zero-order chi connectivity index (χ0) is 17.6. The molecule has 6 nitrogen and oxygen atoms in total. The third-order valence-corrected chi connectivity index (χ3v) is 4.67. The average Bonchev–Trinajstić information content (AvgIpc) is 2.53. The molecule has 0 aliphatic rings. The summed E-state index contributed by atoms with van der Waals surface area (Å²) in [6, 6.07) is 0. The van der Waals surface area contributed by atoms with Crippen LogP contribution in [0.15, 0.2) is 11.8 Å². The van der Waals surface area contributed by atoms with Crippen molar-refractivity contribution < 1.29 is 27.7 Å². The van der Waals surface area contributed by atoms with Crippen LogP contribution in [0.1, 0.15) is 65.2 Å². The van der Waals surface area contributed by atoms with Gasteiger partial charge in [0.2, 0.25) is 0 Å². The van der Waals surface area contributed by atoms with Gasteiger partial charge in [0.25, 0.3) is 0 Å². The van der Waals surface area contributed by atoms with E-state index >= 15 is 0 Å². The summed E-state index contributed by atoms with van der Waals surface area (Å²) in [5.74, 6) is -0.401. The molecule has 23 heavy (non-hydrogen) atoms. The van der Waals surface area contributed by atoms with Crippen molar-refractivity contribution >= 4 is 13.8 Å². The van der Waals surface area contributed by atoms with Crippen molar-refractivity contribution in [3.8, 4) is 0 Å². The Morgan fingerprint density at radius 2 is 1.48 bits per heavy atom. The Labute approximate surface area is 140 Å².